The van der Waals surface area contributed by atoms with Gasteiger partial charge in [0.2, 0.25) is 5.91 Å². The highest BCUT2D eigenvalue weighted by Gasteiger charge is 2.02. The van der Waals surface area contributed by atoms with E-state index in [0.717, 1.165) is 11.4 Å². The van der Waals surface area contributed by atoms with Crippen LogP contribution in [0.3, 0.4) is 0 Å². The molecule has 0 bridgehead atoms. The monoisotopic (exact) mass is 254 g/mol. The number of rotatable bonds is 4. The molecule has 0 unspecified atom stereocenters. The molecule has 0 aromatic heterocycles. The molecule has 2 N–H and O–H groups in total. The summed E-state index contributed by atoms with van der Waals surface area (Å²) in [5, 5.41) is 5.97. The van der Waals surface area contributed by atoms with E-state index in [0.29, 0.717) is 0 Å². The Labute approximate surface area is 113 Å². The Balaban J connectivity index is 1.90. The maximum Gasteiger partial charge on any atom is 0.243 e. The predicted octanol–water partition coefficient (Wildman–Crippen LogP) is 3.35. The molecule has 98 valence electrons. The number of benzene rings is 2. The molecule has 2 rings (SSSR count). The first kappa shape index (κ1) is 13.1. The first-order valence-electron chi connectivity index (χ1n) is 6.30. The van der Waals surface area contributed by atoms with E-state index in [2.05, 4.69) is 16.7 Å². The Morgan fingerprint density at radius 1 is 0.947 bits per heavy atom. The summed E-state index contributed by atoms with van der Waals surface area (Å²) >= 11 is 0. The fraction of sp³-hybridized carbons (Fsp3) is 0.188. The lowest BCUT2D eigenvalue weighted by Crippen LogP contribution is -2.21. The summed E-state index contributed by atoms with van der Waals surface area (Å²) in [4.78, 5) is 11.8. The van der Waals surface area contributed by atoms with Crippen LogP contribution in [0.5, 0.6) is 0 Å². The minimum absolute atomic E-state index is 0.0506. The number of para-hydroxylation sites is 1. The number of nitrogens with one attached hydrogen (secondary N) is 2. The fourth-order valence-electron chi connectivity index (χ4n) is 1.99. The van der Waals surface area contributed by atoms with Gasteiger partial charge in [-0.25, -0.2) is 0 Å². The van der Waals surface area contributed by atoms with Crippen molar-refractivity contribution in [3.8, 4) is 0 Å². The van der Waals surface area contributed by atoms with Gasteiger partial charge in [-0.2, -0.15) is 0 Å². The zero-order valence-electron chi connectivity index (χ0n) is 11.2. The standard InChI is InChI=1S/C16H18N2O/c1-12-8-13(2)10-15(9-12)17-11-16(19)18-14-6-4-3-5-7-14/h3-10,17H,11H2,1-2H3,(H,18,19). The molecule has 3 nitrogen and oxygen atoms in total. The topological polar surface area (TPSA) is 41.1 Å². The molecule has 0 radical (unpaired) electrons. The molecule has 19 heavy (non-hydrogen) atoms. The second kappa shape index (κ2) is 6.05. The number of hydrogen-bond acceptors (Lipinski definition) is 2. The second-order valence-electron chi connectivity index (χ2n) is 4.64. The summed E-state index contributed by atoms with van der Waals surface area (Å²) < 4.78 is 0. The van der Waals surface area contributed by atoms with Gasteiger partial charge in [0.15, 0.2) is 0 Å². The molecule has 0 spiro atoms. The van der Waals surface area contributed by atoms with Crippen molar-refractivity contribution in [3.63, 3.8) is 0 Å². The first-order chi connectivity index (χ1) is 9.13. The van der Waals surface area contributed by atoms with Crippen LogP contribution in [0.15, 0.2) is 48.5 Å². The van der Waals surface area contributed by atoms with Crippen LogP contribution in [0.2, 0.25) is 0 Å². The van der Waals surface area contributed by atoms with Crippen molar-refractivity contribution in [2.24, 2.45) is 0 Å². The van der Waals surface area contributed by atoms with E-state index >= 15 is 0 Å². The lowest BCUT2D eigenvalue weighted by Gasteiger charge is -2.09. The zero-order valence-corrected chi connectivity index (χ0v) is 11.2. The van der Waals surface area contributed by atoms with Gasteiger partial charge in [0.25, 0.3) is 0 Å². The van der Waals surface area contributed by atoms with E-state index < -0.39 is 0 Å². The average molecular weight is 254 g/mol. The number of anilines is 2. The Bertz CT molecular complexity index is 544. The van der Waals surface area contributed by atoms with Gasteiger partial charge < -0.3 is 10.6 Å². The third-order valence-corrected chi connectivity index (χ3v) is 2.73. The SMILES string of the molecule is Cc1cc(C)cc(NCC(=O)Nc2ccccc2)c1. The first-order valence-corrected chi connectivity index (χ1v) is 6.30. The molecule has 0 heterocycles. The molecule has 0 saturated heterocycles. The zero-order chi connectivity index (χ0) is 13.7. The summed E-state index contributed by atoms with van der Waals surface area (Å²) in [5.41, 5.74) is 4.16. The van der Waals surface area contributed by atoms with E-state index in [4.69, 9.17) is 0 Å². The van der Waals surface area contributed by atoms with Gasteiger partial charge in [0.1, 0.15) is 0 Å². The number of carbonyl (C=O) groups is 1. The van der Waals surface area contributed by atoms with Gasteiger partial charge >= 0.3 is 0 Å². The largest absolute Gasteiger partial charge is 0.376 e. The number of carbonyl (C=O) groups excluding carboxylic acids is 1. The molecule has 2 aromatic carbocycles. The highest BCUT2D eigenvalue weighted by atomic mass is 16.1. The number of amides is 1. The van der Waals surface area contributed by atoms with Crippen molar-refractivity contribution in [2.45, 2.75) is 13.8 Å². The van der Waals surface area contributed by atoms with Crippen LogP contribution < -0.4 is 10.6 Å². The van der Waals surface area contributed by atoms with Crippen molar-refractivity contribution in [3.05, 3.63) is 59.7 Å². The van der Waals surface area contributed by atoms with Gasteiger partial charge in [-0.3, -0.25) is 4.79 Å². The summed E-state index contributed by atoms with van der Waals surface area (Å²) in [7, 11) is 0. The minimum atomic E-state index is -0.0506. The second-order valence-corrected chi connectivity index (χ2v) is 4.64. The van der Waals surface area contributed by atoms with Crippen LogP contribution in [-0.2, 0) is 4.79 Å². The number of hydrogen-bond donors (Lipinski definition) is 2. The van der Waals surface area contributed by atoms with Gasteiger partial charge in [0.05, 0.1) is 6.54 Å². The van der Waals surface area contributed by atoms with E-state index in [-0.39, 0.29) is 12.5 Å². The smallest absolute Gasteiger partial charge is 0.243 e. The summed E-state index contributed by atoms with van der Waals surface area (Å²) in [6, 6.07) is 15.6. The predicted molar refractivity (Wildman–Crippen MR) is 79.5 cm³/mol. The highest BCUT2D eigenvalue weighted by Crippen LogP contribution is 2.13. The van der Waals surface area contributed by atoms with E-state index in [1.54, 1.807) is 0 Å². The molecule has 0 aliphatic carbocycles. The minimum Gasteiger partial charge on any atom is -0.376 e. The van der Waals surface area contributed by atoms with Crippen molar-refractivity contribution >= 4 is 17.3 Å². The fourth-order valence-corrected chi connectivity index (χ4v) is 1.99. The van der Waals surface area contributed by atoms with Crippen molar-refractivity contribution < 1.29 is 4.79 Å². The van der Waals surface area contributed by atoms with Crippen LogP contribution >= 0.6 is 0 Å². The molecular formula is C16H18N2O. The molecule has 3 heteroatoms. The quantitative estimate of drug-likeness (QED) is 0.878. The Morgan fingerprint density at radius 3 is 2.21 bits per heavy atom. The Kier molecular flexibility index (Phi) is 4.18. The Hall–Kier alpha value is -2.29. The molecule has 0 fully saturated rings. The maximum absolute atomic E-state index is 11.8. The van der Waals surface area contributed by atoms with Crippen molar-refractivity contribution in [1.82, 2.24) is 0 Å². The van der Waals surface area contributed by atoms with Crippen LogP contribution in [0.25, 0.3) is 0 Å². The molecule has 2 aromatic rings. The lowest BCUT2D eigenvalue weighted by molar-refractivity contribution is -0.114. The Morgan fingerprint density at radius 2 is 1.58 bits per heavy atom. The van der Waals surface area contributed by atoms with Crippen LogP contribution in [0, 0.1) is 13.8 Å². The van der Waals surface area contributed by atoms with E-state index in [1.807, 2.05) is 56.3 Å². The van der Waals surface area contributed by atoms with E-state index in [1.165, 1.54) is 11.1 Å². The van der Waals surface area contributed by atoms with Gasteiger partial charge in [-0.05, 0) is 49.2 Å². The normalized spacial score (nSPS) is 10.0. The highest BCUT2D eigenvalue weighted by molar-refractivity contribution is 5.93. The molecule has 0 saturated carbocycles. The molecule has 0 aliphatic heterocycles. The van der Waals surface area contributed by atoms with Gasteiger partial charge in [-0.1, -0.05) is 24.3 Å². The number of aryl methyl sites for hydroxylation is 2. The summed E-state index contributed by atoms with van der Waals surface area (Å²) in [6.45, 7) is 4.35. The average Bonchev–Trinajstić information content (AvgIpc) is 2.36. The van der Waals surface area contributed by atoms with Crippen molar-refractivity contribution in [1.29, 1.82) is 0 Å². The molecular weight excluding hydrogens is 236 g/mol. The molecule has 0 aliphatic rings. The maximum atomic E-state index is 11.8. The van der Waals surface area contributed by atoms with Crippen molar-refractivity contribution in [2.75, 3.05) is 17.2 Å². The summed E-state index contributed by atoms with van der Waals surface area (Å²) in [5.74, 6) is -0.0506. The summed E-state index contributed by atoms with van der Waals surface area (Å²) in [6.07, 6.45) is 0. The van der Waals surface area contributed by atoms with Gasteiger partial charge in [0, 0.05) is 11.4 Å². The third-order valence-electron chi connectivity index (χ3n) is 2.73. The van der Waals surface area contributed by atoms with E-state index in [9.17, 15) is 4.79 Å². The van der Waals surface area contributed by atoms with Crippen LogP contribution in [-0.4, -0.2) is 12.5 Å². The third kappa shape index (κ3) is 4.14. The lowest BCUT2D eigenvalue weighted by atomic mass is 10.1. The molecule has 0 atom stereocenters. The van der Waals surface area contributed by atoms with Crippen LogP contribution in [0.4, 0.5) is 11.4 Å². The van der Waals surface area contributed by atoms with Crippen LogP contribution in [0.1, 0.15) is 11.1 Å². The van der Waals surface area contributed by atoms with Gasteiger partial charge in [-0.15, -0.1) is 0 Å². The molecule has 1 amide bonds.